The number of aliphatic hydroxyl groups excluding tert-OH is 1. The normalized spacial score (nSPS) is 15.3. The summed E-state index contributed by atoms with van der Waals surface area (Å²) in [7, 11) is 0. The van der Waals surface area contributed by atoms with E-state index in [0.29, 0.717) is 37.1 Å². The summed E-state index contributed by atoms with van der Waals surface area (Å²) in [5.41, 5.74) is 1.35. The lowest BCUT2D eigenvalue weighted by atomic mass is 9.97. The molecule has 0 atom stereocenters. The van der Waals surface area contributed by atoms with Gasteiger partial charge in [0.1, 0.15) is 5.76 Å². The Morgan fingerprint density at radius 2 is 2.04 bits per heavy atom. The molecule has 0 heterocycles. The van der Waals surface area contributed by atoms with Crippen molar-refractivity contribution in [2.24, 2.45) is 4.99 Å². The summed E-state index contributed by atoms with van der Waals surface area (Å²) in [6, 6.07) is 6.63. The average molecular weight is 315 g/mol. The third-order valence-corrected chi connectivity index (χ3v) is 3.61. The number of hydrogen-bond donors (Lipinski definition) is 1. The Bertz CT molecular complexity index is 629. The zero-order valence-corrected chi connectivity index (χ0v) is 13.2. The smallest absolute Gasteiger partial charge is 0.338 e. The number of hydrogen-bond acceptors (Lipinski definition) is 5. The molecule has 0 saturated heterocycles. The van der Waals surface area contributed by atoms with Crippen LogP contribution in [0.3, 0.4) is 0 Å². The van der Waals surface area contributed by atoms with Gasteiger partial charge in [0.15, 0.2) is 5.78 Å². The third kappa shape index (κ3) is 4.77. The van der Waals surface area contributed by atoms with Crippen molar-refractivity contribution >= 4 is 23.7 Å². The lowest BCUT2D eigenvalue weighted by Gasteiger charge is -2.11. The van der Waals surface area contributed by atoms with E-state index in [1.54, 1.807) is 24.3 Å². The van der Waals surface area contributed by atoms with E-state index >= 15 is 0 Å². The van der Waals surface area contributed by atoms with Gasteiger partial charge in [0.25, 0.3) is 0 Å². The predicted molar refractivity (Wildman–Crippen MR) is 88.3 cm³/mol. The Morgan fingerprint density at radius 1 is 1.30 bits per heavy atom. The standard InChI is InChI=1S/C18H21NO4/c1-2-3-11-23-18(22)13-7-9-14(10-8-13)19-12-15-16(20)5-4-6-17(15)21/h7-10,12,20H,2-6,11H2,1H3. The number of unbranched alkanes of at least 4 members (excludes halogenated alkanes) is 1. The molecule has 122 valence electrons. The molecule has 1 aromatic carbocycles. The van der Waals surface area contributed by atoms with Crippen molar-refractivity contribution < 1.29 is 19.4 Å². The highest BCUT2D eigenvalue weighted by molar-refractivity contribution is 6.14. The van der Waals surface area contributed by atoms with E-state index in [2.05, 4.69) is 4.99 Å². The molecule has 5 heteroatoms. The first kappa shape index (κ1) is 16.9. The average Bonchev–Trinajstić information content (AvgIpc) is 2.55. The van der Waals surface area contributed by atoms with Crippen LogP contribution < -0.4 is 0 Å². The van der Waals surface area contributed by atoms with Gasteiger partial charge in [-0.3, -0.25) is 9.79 Å². The van der Waals surface area contributed by atoms with Crippen molar-refractivity contribution in [1.82, 2.24) is 0 Å². The Kier molecular flexibility index (Phi) is 6.09. The Hall–Kier alpha value is -2.43. The molecule has 1 aromatic rings. The minimum absolute atomic E-state index is 0.0892. The van der Waals surface area contributed by atoms with Gasteiger partial charge in [-0.15, -0.1) is 0 Å². The largest absolute Gasteiger partial charge is 0.512 e. The first-order valence-corrected chi connectivity index (χ1v) is 7.88. The molecule has 0 fully saturated rings. The zero-order valence-electron chi connectivity index (χ0n) is 13.2. The summed E-state index contributed by atoms with van der Waals surface area (Å²) in [4.78, 5) is 27.7. The molecule has 0 bridgehead atoms. The number of benzene rings is 1. The summed E-state index contributed by atoms with van der Waals surface area (Å²) in [5.74, 6) is -0.341. The molecule has 0 aliphatic heterocycles. The number of carbonyl (C=O) groups excluding carboxylic acids is 2. The van der Waals surface area contributed by atoms with Crippen LogP contribution in [0.5, 0.6) is 0 Å². The predicted octanol–water partition coefficient (Wildman–Crippen LogP) is 3.91. The van der Waals surface area contributed by atoms with Crippen molar-refractivity contribution in [3.8, 4) is 0 Å². The van der Waals surface area contributed by atoms with Gasteiger partial charge in [0, 0.05) is 19.1 Å². The maximum Gasteiger partial charge on any atom is 0.338 e. The van der Waals surface area contributed by atoms with E-state index in [9.17, 15) is 14.7 Å². The number of rotatable bonds is 6. The second-order valence-electron chi connectivity index (χ2n) is 5.43. The van der Waals surface area contributed by atoms with Crippen LogP contribution in [0.1, 0.15) is 49.4 Å². The molecule has 0 unspecified atom stereocenters. The number of ketones is 1. The van der Waals surface area contributed by atoms with Crippen LogP contribution in [0.25, 0.3) is 0 Å². The molecule has 23 heavy (non-hydrogen) atoms. The van der Waals surface area contributed by atoms with Gasteiger partial charge in [-0.2, -0.15) is 0 Å². The number of Topliss-reactive ketones (excluding diaryl/α,β-unsaturated/α-hetero) is 1. The van der Waals surface area contributed by atoms with Crippen LogP contribution in [-0.4, -0.2) is 29.7 Å². The van der Waals surface area contributed by atoms with Crippen molar-refractivity contribution in [2.45, 2.75) is 39.0 Å². The quantitative estimate of drug-likeness (QED) is 0.490. The number of aliphatic hydroxyl groups is 1. The third-order valence-electron chi connectivity index (χ3n) is 3.61. The van der Waals surface area contributed by atoms with Gasteiger partial charge < -0.3 is 9.84 Å². The summed E-state index contributed by atoms with van der Waals surface area (Å²) in [6.07, 6.45) is 4.84. The van der Waals surface area contributed by atoms with Crippen molar-refractivity contribution in [3.63, 3.8) is 0 Å². The van der Waals surface area contributed by atoms with E-state index in [0.717, 1.165) is 12.8 Å². The minimum Gasteiger partial charge on any atom is -0.512 e. The van der Waals surface area contributed by atoms with E-state index in [1.807, 2.05) is 6.92 Å². The molecule has 0 radical (unpaired) electrons. The second-order valence-corrected chi connectivity index (χ2v) is 5.43. The van der Waals surface area contributed by atoms with Gasteiger partial charge in [0.05, 0.1) is 23.4 Å². The number of carbonyl (C=O) groups is 2. The first-order valence-electron chi connectivity index (χ1n) is 7.88. The van der Waals surface area contributed by atoms with Gasteiger partial charge in [0.2, 0.25) is 0 Å². The number of allylic oxidation sites excluding steroid dienone is 2. The highest BCUT2D eigenvalue weighted by Crippen LogP contribution is 2.20. The van der Waals surface area contributed by atoms with Gasteiger partial charge in [-0.05, 0) is 37.1 Å². The maximum atomic E-state index is 11.8. The maximum absolute atomic E-state index is 11.8. The zero-order chi connectivity index (χ0) is 16.7. The van der Waals surface area contributed by atoms with Crippen LogP contribution in [0.2, 0.25) is 0 Å². The molecule has 2 rings (SSSR count). The summed E-state index contributed by atoms with van der Waals surface area (Å²) in [6.45, 7) is 2.45. The van der Waals surface area contributed by atoms with E-state index < -0.39 is 0 Å². The second kappa shape index (κ2) is 8.27. The van der Waals surface area contributed by atoms with Gasteiger partial charge in [-0.1, -0.05) is 13.3 Å². The molecule has 1 aliphatic carbocycles. The molecule has 0 amide bonds. The van der Waals surface area contributed by atoms with E-state index in [-0.39, 0.29) is 23.1 Å². The van der Waals surface area contributed by atoms with Crippen LogP contribution in [0.15, 0.2) is 40.6 Å². The highest BCUT2D eigenvalue weighted by Gasteiger charge is 2.18. The Morgan fingerprint density at radius 3 is 2.70 bits per heavy atom. The molecule has 0 saturated carbocycles. The highest BCUT2D eigenvalue weighted by atomic mass is 16.5. The summed E-state index contributed by atoms with van der Waals surface area (Å²) in [5, 5.41) is 9.74. The molecular formula is C18H21NO4. The fourth-order valence-electron chi connectivity index (χ4n) is 2.21. The van der Waals surface area contributed by atoms with Crippen molar-refractivity contribution in [1.29, 1.82) is 0 Å². The SMILES string of the molecule is CCCCOC(=O)c1ccc(N=CC2=C(O)CCCC2=O)cc1. The lowest BCUT2D eigenvalue weighted by molar-refractivity contribution is -0.115. The molecule has 5 nitrogen and oxygen atoms in total. The fourth-order valence-corrected chi connectivity index (χ4v) is 2.21. The Labute approximate surface area is 135 Å². The van der Waals surface area contributed by atoms with Crippen LogP contribution in [-0.2, 0) is 9.53 Å². The number of nitrogens with zero attached hydrogens (tertiary/aromatic N) is 1. The molecule has 0 spiro atoms. The number of aliphatic imine (C=N–C) groups is 1. The first-order chi connectivity index (χ1) is 11.1. The Balaban J connectivity index is 2.01. The van der Waals surface area contributed by atoms with Crippen LogP contribution in [0, 0.1) is 0 Å². The van der Waals surface area contributed by atoms with Gasteiger partial charge >= 0.3 is 5.97 Å². The summed E-state index contributed by atoms with van der Waals surface area (Å²) >= 11 is 0. The molecular weight excluding hydrogens is 294 g/mol. The number of esters is 1. The van der Waals surface area contributed by atoms with Crippen LogP contribution >= 0.6 is 0 Å². The van der Waals surface area contributed by atoms with Gasteiger partial charge in [-0.25, -0.2) is 4.79 Å². The van der Waals surface area contributed by atoms with Crippen molar-refractivity contribution in [3.05, 3.63) is 41.2 Å². The fraction of sp³-hybridized carbons (Fsp3) is 0.389. The lowest BCUT2D eigenvalue weighted by Crippen LogP contribution is -2.12. The topological polar surface area (TPSA) is 76.0 Å². The molecule has 1 aliphatic rings. The summed E-state index contributed by atoms with van der Waals surface area (Å²) < 4.78 is 5.13. The minimum atomic E-state index is -0.350. The molecule has 0 aromatic heterocycles. The van der Waals surface area contributed by atoms with E-state index in [1.165, 1.54) is 6.21 Å². The van der Waals surface area contributed by atoms with Crippen LogP contribution in [0.4, 0.5) is 5.69 Å². The van der Waals surface area contributed by atoms with E-state index in [4.69, 9.17) is 4.74 Å². The molecule has 1 N–H and O–H groups in total. The van der Waals surface area contributed by atoms with Crippen molar-refractivity contribution in [2.75, 3.05) is 6.61 Å². The number of ether oxygens (including phenoxy) is 1. The monoisotopic (exact) mass is 315 g/mol.